The average molecular weight is 242 g/mol. The standard InChI is InChI=1S/C6H7N3O2.Y/c1-4(10)6(5(2)11)9-8-3-7;/h3,6-7H,1-2H2;/q-2;. The third-order valence-electron chi connectivity index (χ3n) is 0.850. The Kier molecular flexibility index (Phi) is 8.31. The summed E-state index contributed by atoms with van der Waals surface area (Å²) < 4.78 is 0. The van der Waals surface area contributed by atoms with E-state index in [4.69, 9.17) is 5.41 Å². The number of carbonyl (C=O) groups is 2. The number of hydrogen-bond acceptors (Lipinski definition) is 4. The Balaban J connectivity index is 0. The molecule has 1 radical (unpaired) electrons. The number of ketones is 2. The van der Waals surface area contributed by atoms with Crippen molar-refractivity contribution in [2.24, 2.45) is 10.2 Å². The Morgan fingerprint density at radius 3 is 2.00 bits per heavy atom. The Morgan fingerprint density at radius 2 is 1.75 bits per heavy atom. The smallest absolute Gasteiger partial charge is 0.130 e. The third kappa shape index (κ3) is 5.15. The van der Waals surface area contributed by atoms with Gasteiger partial charge in [0, 0.05) is 44.3 Å². The molecule has 1 N–H and O–H groups in total. The molecule has 63 valence electrons. The normalized spacial score (nSPS) is 9.42. The van der Waals surface area contributed by atoms with Crippen molar-refractivity contribution in [2.45, 2.75) is 6.04 Å². The predicted molar refractivity (Wildman–Crippen MR) is 38.2 cm³/mol. The average Bonchev–Trinajstić information content (AvgIpc) is 1.87. The van der Waals surface area contributed by atoms with E-state index in [0.717, 1.165) is 0 Å². The van der Waals surface area contributed by atoms with Gasteiger partial charge in [0.2, 0.25) is 0 Å². The van der Waals surface area contributed by atoms with Crippen LogP contribution >= 0.6 is 0 Å². The van der Waals surface area contributed by atoms with Crippen LogP contribution in [0.25, 0.3) is 0 Å². The number of hydrogen-bond donors (Lipinski definition) is 1. The summed E-state index contributed by atoms with van der Waals surface area (Å²) in [7, 11) is 0. The SMILES string of the molecule is [CH2-]C(=O)C(N=NC=N)C([CH2-])=O.[Y]. The summed E-state index contributed by atoms with van der Waals surface area (Å²) >= 11 is 0. The summed E-state index contributed by atoms with van der Waals surface area (Å²) in [5, 5.41) is 12.7. The Bertz CT molecular complexity index is 201. The van der Waals surface area contributed by atoms with E-state index in [2.05, 4.69) is 24.1 Å². The van der Waals surface area contributed by atoms with Crippen molar-refractivity contribution in [1.29, 1.82) is 5.41 Å². The molecule has 0 aromatic carbocycles. The van der Waals surface area contributed by atoms with E-state index in [9.17, 15) is 9.59 Å². The molecule has 5 nitrogen and oxygen atoms in total. The molecule has 0 bridgehead atoms. The second kappa shape index (κ2) is 7.12. The molecule has 0 aromatic heterocycles. The van der Waals surface area contributed by atoms with Crippen LogP contribution < -0.4 is 0 Å². The van der Waals surface area contributed by atoms with Crippen molar-refractivity contribution in [3.05, 3.63) is 13.8 Å². The molecule has 6 heteroatoms. The van der Waals surface area contributed by atoms with Crippen LogP contribution in [0, 0.1) is 19.3 Å². The van der Waals surface area contributed by atoms with Gasteiger partial charge in [-0.05, 0) is 0 Å². The van der Waals surface area contributed by atoms with Gasteiger partial charge in [-0.15, -0.1) is 5.11 Å². The maximum absolute atomic E-state index is 10.5. The van der Waals surface area contributed by atoms with Crippen molar-refractivity contribution in [3.8, 4) is 0 Å². The van der Waals surface area contributed by atoms with Gasteiger partial charge in [0.25, 0.3) is 0 Å². The molecule has 0 rings (SSSR count). The zero-order valence-corrected chi connectivity index (χ0v) is 9.20. The van der Waals surface area contributed by atoms with E-state index < -0.39 is 17.6 Å². The van der Waals surface area contributed by atoms with Crippen molar-refractivity contribution in [2.75, 3.05) is 0 Å². The fourth-order valence-corrected chi connectivity index (χ4v) is 0.408. The first kappa shape index (κ1) is 14.0. The third-order valence-corrected chi connectivity index (χ3v) is 0.850. The molecule has 0 aliphatic rings. The number of nitrogens with zero attached hydrogens (tertiary/aromatic N) is 2. The van der Waals surface area contributed by atoms with Crippen LogP contribution in [-0.4, -0.2) is 23.9 Å². The van der Waals surface area contributed by atoms with Crippen molar-refractivity contribution >= 4 is 17.9 Å². The Hall–Kier alpha value is -0.546. The molecule has 0 saturated heterocycles. The second-order valence-electron chi connectivity index (χ2n) is 1.70. The molecule has 0 spiro atoms. The van der Waals surface area contributed by atoms with Crippen molar-refractivity contribution in [3.63, 3.8) is 0 Å². The maximum Gasteiger partial charge on any atom is 0.130 e. The van der Waals surface area contributed by atoms with Gasteiger partial charge in [-0.1, -0.05) is 0 Å². The van der Waals surface area contributed by atoms with Crippen molar-refractivity contribution < 1.29 is 42.3 Å². The molecule has 0 amide bonds. The van der Waals surface area contributed by atoms with Crippen LogP contribution in [0.4, 0.5) is 0 Å². The maximum atomic E-state index is 10.5. The van der Waals surface area contributed by atoms with Crippen LogP contribution in [-0.2, 0) is 42.3 Å². The number of carbonyl (C=O) groups excluding carboxylic acids is 2. The second-order valence-corrected chi connectivity index (χ2v) is 1.70. The van der Waals surface area contributed by atoms with Gasteiger partial charge >= 0.3 is 0 Å². The summed E-state index contributed by atoms with van der Waals surface area (Å²) in [5.41, 5.74) is 0. The van der Waals surface area contributed by atoms with Gasteiger partial charge in [-0.2, -0.15) is 5.11 Å². The Labute approximate surface area is 95.4 Å². The molecule has 0 aliphatic heterocycles. The summed E-state index contributed by atoms with van der Waals surface area (Å²) in [6.07, 6.45) is 0.624. The molecule has 12 heavy (non-hydrogen) atoms. The largest absolute Gasteiger partial charge is 0.337 e. The monoisotopic (exact) mass is 242 g/mol. The van der Waals surface area contributed by atoms with Gasteiger partial charge in [0.1, 0.15) is 12.4 Å². The molecular formula is C6H7N3O2Y-2. The zero-order valence-electron chi connectivity index (χ0n) is 6.36. The van der Waals surface area contributed by atoms with E-state index in [1.165, 1.54) is 0 Å². The molecule has 0 atom stereocenters. The van der Waals surface area contributed by atoms with Crippen LogP contribution in [0.15, 0.2) is 10.2 Å². The fraction of sp³-hybridized carbons (Fsp3) is 0.167. The van der Waals surface area contributed by atoms with E-state index >= 15 is 0 Å². The summed E-state index contributed by atoms with van der Waals surface area (Å²) in [5.74, 6) is -1.34. The minimum atomic E-state index is -1.25. The van der Waals surface area contributed by atoms with Crippen LogP contribution in [0.3, 0.4) is 0 Å². The number of nitrogens with one attached hydrogen (secondary N) is 1. The van der Waals surface area contributed by atoms with Gasteiger partial charge in [0.05, 0.1) is 0 Å². The number of rotatable bonds is 4. The van der Waals surface area contributed by atoms with Crippen molar-refractivity contribution in [1.82, 2.24) is 0 Å². The van der Waals surface area contributed by atoms with Crippen LogP contribution in [0.5, 0.6) is 0 Å². The van der Waals surface area contributed by atoms with E-state index in [1.807, 2.05) is 0 Å². The molecule has 0 fully saturated rings. The van der Waals surface area contributed by atoms with E-state index in [-0.39, 0.29) is 32.7 Å². The quantitative estimate of drug-likeness (QED) is 0.251. The Morgan fingerprint density at radius 1 is 1.33 bits per heavy atom. The summed E-state index contributed by atoms with van der Waals surface area (Å²) in [4.78, 5) is 21.0. The summed E-state index contributed by atoms with van der Waals surface area (Å²) in [6, 6.07) is -1.25. The molecule has 0 saturated carbocycles. The van der Waals surface area contributed by atoms with Gasteiger partial charge < -0.3 is 23.4 Å². The van der Waals surface area contributed by atoms with Gasteiger partial charge in [0.15, 0.2) is 0 Å². The number of azo groups is 1. The zero-order chi connectivity index (χ0) is 8.85. The van der Waals surface area contributed by atoms with E-state index in [0.29, 0.717) is 6.34 Å². The van der Waals surface area contributed by atoms with Gasteiger partial charge in [-0.3, -0.25) is 5.41 Å². The van der Waals surface area contributed by atoms with Crippen LogP contribution in [0.2, 0.25) is 0 Å². The molecule has 0 unspecified atom stereocenters. The van der Waals surface area contributed by atoms with Crippen LogP contribution in [0.1, 0.15) is 0 Å². The fourth-order valence-electron chi connectivity index (χ4n) is 0.408. The first-order chi connectivity index (χ1) is 5.09. The minimum Gasteiger partial charge on any atom is -0.337 e. The minimum absolute atomic E-state index is 0. The first-order valence-corrected chi connectivity index (χ1v) is 2.70. The summed E-state index contributed by atoms with van der Waals surface area (Å²) in [6.45, 7) is 5.97. The molecular weight excluding hydrogens is 235 g/mol. The molecule has 0 aromatic rings. The predicted octanol–water partition coefficient (Wildman–Crippen LogP) is 0.218. The topological polar surface area (TPSA) is 82.7 Å². The van der Waals surface area contributed by atoms with E-state index in [1.54, 1.807) is 0 Å². The molecule has 0 heterocycles. The van der Waals surface area contributed by atoms with Gasteiger partial charge in [-0.25, -0.2) is 0 Å². The number of Topliss-reactive ketones (excluding diaryl/α,β-unsaturated/α-hetero) is 2. The molecule has 0 aliphatic carbocycles. The first-order valence-electron chi connectivity index (χ1n) is 2.70.